The number of rotatable bonds is 10. The van der Waals surface area contributed by atoms with E-state index in [-0.39, 0.29) is 24.3 Å². The Bertz CT molecular complexity index is 1810. The van der Waals surface area contributed by atoms with E-state index < -0.39 is 31.6 Å². The van der Waals surface area contributed by atoms with Gasteiger partial charge < -0.3 is 23.8 Å². The molecule has 4 heterocycles. The van der Waals surface area contributed by atoms with Gasteiger partial charge in [0.2, 0.25) is 14.3 Å². The first kappa shape index (κ1) is 33.3. The van der Waals surface area contributed by atoms with Gasteiger partial charge in [-0.25, -0.2) is 0 Å². The monoisotopic (exact) mass is 681 g/mol. The largest absolute Gasteiger partial charge is 0.395 e. The number of halogens is 1. The molecule has 5 atom stereocenters. The second-order valence-electron chi connectivity index (χ2n) is 14.2. The molecular weight excluding hydrogens is 638 g/mol. The van der Waals surface area contributed by atoms with Crippen molar-refractivity contribution in [1.29, 1.82) is 0 Å². The number of carbonyl (C=O) groups is 2. The Morgan fingerprint density at radius 3 is 2.47 bits per heavy atom. The highest BCUT2D eigenvalue weighted by molar-refractivity contribution is 6.72. The van der Waals surface area contributed by atoms with Gasteiger partial charge in [-0.1, -0.05) is 72.8 Å². The molecular formula is C38H44FN5O4Si. The summed E-state index contributed by atoms with van der Waals surface area (Å²) in [4.78, 5) is 30.8. The number of amides is 2. The van der Waals surface area contributed by atoms with Crippen molar-refractivity contribution in [3.05, 3.63) is 107 Å². The van der Waals surface area contributed by atoms with Crippen LogP contribution in [0, 0.1) is 5.92 Å². The molecule has 11 heteroatoms. The van der Waals surface area contributed by atoms with Crippen LogP contribution in [0.2, 0.25) is 18.6 Å². The predicted octanol–water partition coefficient (Wildman–Crippen LogP) is 6.33. The molecule has 2 saturated heterocycles. The van der Waals surface area contributed by atoms with Crippen molar-refractivity contribution < 1.29 is 23.5 Å². The van der Waals surface area contributed by atoms with Crippen LogP contribution in [-0.2, 0) is 33.0 Å². The van der Waals surface area contributed by atoms with Crippen molar-refractivity contribution in [2.75, 3.05) is 23.0 Å². The van der Waals surface area contributed by atoms with E-state index in [0.717, 1.165) is 47.5 Å². The number of aryl methyl sites for hydroxylation is 1. The van der Waals surface area contributed by atoms with Gasteiger partial charge >= 0.3 is 0 Å². The van der Waals surface area contributed by atoms with Gasteiger partial charge in [0.15, 0.2) is 5.60 Å². The molecule has 2 fully saturated rings. The number of anilines is 2. The average molecular weight is 682 g/mol. The summed E-state index contributed by atoms with van der Waals surface area (Å²) in [6.45, 7) is 6.78. The molecule has 1 spiro atoms. The van der Waals surface area contributed by atoms with E-state index in [2.05, 4.69) is 10.3 Å². The Balaban J connectivity index is 1.13. The molecule has 9 nitrogen and oxygen atoms in total. The lowest BCUT2D eigenvalue weighted by atomic mass is 9.82. The molecule has 0 bridgehead atoms. The van der Waals surface area contributed by atoms with E-state index in [4.69, 9.17) is 4.74 Å². The second kappa shape index (κ2) is 13.3. The highest BCUT2D eigenvalue weighted by atomic mass is 28.4. The molecule has 0 saturated carbocycles. The van der Waals surface area contributed by atoms with Crippen LogP contribution in [0.3, 0.4) is 0 Å². The number of hydrogen-bond donors (Lipinski definition) is 1. The van der Waals surface area contributed by atoms with E-state index in [1.807, 2.05) is 96.9 Å². The minimum absolute atomic E-state index is 0.0987. The summed E-state index contributed by atoms with van der Waals surface area (Å²) in [5.41, 5.74) is 3.26. The molecule has 3 aromatic carbocycles. The quantitative estimate of drug-likeness (QED) is 0.155. The summed E-state index contributed by atoms with van der Waals surface area (Å²) in [6.07, 6.45) is 4.28. The van der Waals surface area contributed by atoms with Gasteiger partial charge in [0, 0.05) is 48.4 Å². The fourth-order valence-electron chi connectivity index (χ4n) is 8.37. The van der Waals surface area contributed by atoms with Crippen LogP contribution in [0.25, 0.3) is 0 Å². The van der Waals surface area contributed by atoms with Crippen LogP contribution < -0.4 is 9.80 Å². The molecule has 49 heavy (non-hydrogen) atoms. The van der Waals surface area contributed by atoms with Gasteiger partial charge in [-0.3, -0.25) is 14.3 Å². The standard InChI is InChI=1S/C38H44FN5O4Si/c1-26-36(49(2,3)39)34(20-22-42-24-32(40-41-42)30(25-45)28-11-5-4-6-12-28)48-38(26)31-13-7-8-14-33(31)44(37(38)47)23-27-16-18-29(19-17-27)43-21-10-9-15-35(43)46/h4-8,11-14,16-19,24,26,30,34,36,45H,9-10,15,20-23,25H2,1-3H3/t26-,30?,34+,36-,38+/m1/s1. The number of ether oxygens (including phenoxy) is 1. The molecule has 7 rings (SSSR count). The van der Waals surface area contributed by atoms with Gasteiger partial charge in [0.1, 0.15) is 0 Å². The van der Waals surface area contributed by atoms with Crippen molar-refractivity contribution in [1.82, 2.24) is 15.0 Å². The number of aliphatic hydroxyl groups is 1. The molecule has 256 valence electrons. The number of para-hydroxylation sites is 1. The third-order valence-electron chi connectivity index (χ3n) is 10.7. The van der Waals surface area contributed by atoms with Crippen molar-refractivity contribution in [3.63, 3.8) is 0 Å². The molecule has 4 aromatic rings. The van der Waals surface area contributed by atoms with Crippen molar-refractivity contribution in [2.24, 2.45) is 5.92 Å². The number of hydrogen-bond acceptors (Lipinski definition) is 6. The summed E-state index contributed by atoms with van der Waals surface area (Å²) < 4.78 is 24.9. The topological polar surface area (TPSA) is 101 Å². The van der Waals surface area contributed by atoms with E-state index in [1.54, 1.807) is 22.7 Å². The number of aromatic nitrogens is 3. The zero-order valence-electron chi connectivity index (χ0n) is 28.3. The fraction of sp³-hybridized carbons (Fsp3) is 0.421. The number of fused-ring (bicyclic) bond motifs is 2. The minimum Gasteiger partial charge on any atom is -0.395 e. The fourth-order valence-corrected chi connectivity index (χ4v) is 10.9. The Morgan fingerprint density at radius 1 is 1.02 bits per heavy atom. The van der Waals surface area contributed by atoms with Crippen LogP contribution in [0.1, 0.15) is 60.9 Å². The zero-order valence-corrected chi connectivity index (χ0v) is 29.3. The number of carbonyl (C=O) groups excluding carboxylic acids is 2. The van der Waals surface area contributed by atoms with Crippen LogP contribution >= 0.6 is 0 Å². The molecule has 1 unspecified atom stereocenters. The molecule has 2 amide bonds. The Labute approximate surface area is 287 Å². The van der Waals surface area contributed by atoms with Crippen LogP contribution in [0.4, 0.5) is 15.5 Å². The van der Waals surface area contributed by atoms with Gasteiger partial charge in [0.05, 0.1) is 36.6 Å². The molecule has 3 aliphatic heterocycles. The first-order chi connectivity index (χ1) is 23.6. The van der Waals surface area contributed by atoms with Crippen LogP contribution in [0.5, 0.6) is 0 Å². The number of aliphatic hydroxyl groups excluding tert-OH is 1. The summed E-state index contributed by atoms with van der Waals surface area (Å²) >= 11 is 0. The molecule has 0 aliphatic carbocycles. The second-order valence-corrected chi connectivity index (χ2v) is 18.0. The number of piperidine rings is 1. The van der Waals surface area contributed by atoms with Gasteiger partial charge in [-0.05, 0) is 61.7 Å². The van der Waals surface area contributed by atoms with Crippen molar-refractivity contribution >= 4 is 31.6 Å². The third-order valence-corrected chi connectivity index (χ3v) is 13.2. The van der Waals surface area contributed by atoms with E-state index >= 15 is 4.11 Å². The molecule has 1 aromatic heterocycles. The Kier molecular flexibility index (Phi) is 9.01. The Hall–Kier alpha value is -4.19. The molecule has 1 N–H and O–H groups in total. The summed E-state index contributed by atoms with van der Waals surface area (Å²) in [7, 11) is -3.33. The Morgan fingerprint density at radius 2 is 1.76 bits per heavy atom. The van der Waals surface area contributed by atoms with Crippen molar-refractivity contribution in [3.8, 4) is 0 Å². The number of benzene rings is 3. The van der Waals surface area contributed by atoms with E-state index in [0.29, 0.717) is 31.6 Å². The third kappa shape index (κ3) is 6.02. The molecule has 3 aliphatic rings. The van der Waals surface area contributed by atoms with Gasteiger partial charge in [0.25, 0.3) is 5.91 Å². The van der Waals surface area contributed by atoms with Gasteiger partial charge in [-0.15, -0.1) is 5.10 Å². The summed E-state index contributed by atoms with van der Waals surface area (Å²) in [6, 6.07) is 25.3. The highest BCUT2D eigenvalue weighted by Crippen LogP contribution is 2.60. The normalized spacial score (nSPS) is 24.6. The van der Waals surface area contributed by atoms with Crippen LogP contribution in [0.15, 0.2) is 85.1 Å². The highest BCUT2D eigenvalue weighted by Gasteiger charge is 2.66. The van der Waals surface area contributed by atoms with E-state index in [9.17, 15) is 14.7 Å². The SMILES string of the molecule is C[C@@H]1[C@@H]([Si](C)(C)F)[C@H](CCn2cc(C(CO)c3ccccc3)nn2)O[C@@]12C(=O)N(Cc1ccc(N3CCCCC3=O)cc1)c1ccccc12. The average Bonchev–Trinajstić information content (AvgIpc) is 3.76. The maximum atomic E-state index is 16.3. The predicted molar refractivity (Wildman–Crippen MR) is 188 cm³/mol. The first-order valence-electron chi connectivity index (χ1n) is 17.3. The summed E-state index contributed by atoms with van der Waals surface area (Å²) in [5.74, 6) is -0.712. The first-order valence-corrected chi connectivity index (χ1v) is 20.3. The van der Waals surface area contributed by atoms with Crippen LogP contribution in [-0.4, -0.2) is 59.6 Å². The maximum Gasteiger partial charge on any atom is 0.264 e. The maximum absolute atomic E-state index is 16.3. The lowest BCUT2D eigenvalue weighted by molar-refractivity contribution is -0.146. The zero-order chi connectivity index (χ0) is 34.3. The van der Waals surface area contributed by atoms with E-state index in [1.165, 1.54) is 0 Å². The number of nitrogens with zero attached hydrogens (tertiary/aromatic N) is 5. The lowest BCUT2D eigenvalue weighted by Crippen LogP contribution is -2.45. The summed E-state index contributed by atoms with van der Waals surface area (Å²) in [5, 5.41) is 18.8. The lowest BCUT2D eigenvalue weighted by Gasteiger charge is -2.31. The minimum atomic E-state index is -3.33. The van der Waals surface area contributed by atoms with Crippen molar-refractivity contribution in [2.45, 2.75) is 82.0 Å². The van der Waals surface area contributed by atoms with Gasteiger partial charge in [-0.2, -0.15) is 0 Å². The molecule has 0 radical (unpaired) electrons. The smallest absolute Gasteiger partial charge is 0.264 e.